The van der Waals surface area contributed by atoms with Crippen molar-refractivity contribution in [2.45, 2.75) is 23.5 Å². The van der Waals surface area contributed by atoms with Gasteiger partial charge in [0.05, 0.1) is 0 Å². The lowest BCUT2D eigenvalue weighted by Gasteiger charge is -2.16. The van der Waals surface area contributed by atoms with Gasteiger partial charge in [0.15, 0.2) is 0 Å². The van der Waals surface area contributed by atoms with E-state index in [9.17, 15) is 13.2 Å². The summed E-state index contributed by atoms with van der Waals surface area (Å²) < 4.78 is 36.7. The minimum absolute atomic E-state index is 0.166. The largest absolute Gasteiger partial charge is 0.403 e. The highest BCUT2D eigenvalue weighted by atomic mass is 32.2. The van der Waals surface area contributed by atoms with Crippen molar-refractivity contribution in [1.29, 1.82) is 0 Å². The van der Waals surface area contributed by atoms with E-state index in [1.165, 1.54) is 11.8 Å². The number of hydrogen-bond donors (Lipinski definition) is 1. The Kier molecular flexibility index (Phi) is 4.04. The molecule has 5 heteroatoms. The summed E-state index contributed by atoms with van der Waals surface area (Å²) in [5.74, 6) is 0. The molecule has 0 heterocycles. The van der Waals surface area contributed by atoms with Crippen molar-refractivity contribution in [3.8, 4) is 0 Å². The van der Waals surface area contributed by atoms with Crippen LogP contribution in [-0.4, -0.2) is 18.5 Å². The van der Waals surface area contributed by atoms with Gasteiger partial charge < -0.3 is 5.73 Å². The molecule has 0 aromatic heterocycles. The van der Waals surface area contributed by atoms with E-state index in [4.69, 9.17) is 5.73 Å². The summed E-state index contributed by atoms with van der Waals surface area (Å²) in [7, 11) is 0. The van der Waals surface area contributed by atoms with E-state index in [-0.39, 0.29) is 6.42 Å². The lowest BCUT2D eigenvalue weighted by molar-refractivity contribution is -0.147. The van der Waals surface area contributed by atoms with Crippen molar-refractivity contribution in [3.63, 3.8) is 0 Å². The predicted molar refractivity (Wildman–Crippen MR) is 56.0 cm³/mol. The Hall–Kier alpha value is -0.680. The number of rotatable bonds is 3. The molecule has 0 radical (unpaired) electrons. The van der Waals surface area contributed by atoms with Crippen molar-refractivity contribution < 1.29 is 13.2 Å². The van der Waals surface area contributed by atoms with E-state index in [2.05, 4.69) is 0 Å². The van der Waals surface area contributed by atoms with Gasteiger partial charge in [0.1, 0.15) is 6.04 Å². The zero-order valence-corrected chi connectivity index (χ0v) is 9.03. The molecule has 0 saturated heterocycles. The third-order valence-electron chi connectivity index (χ3n) is 2.05. The first-order chi connectivity index (χ1) is 6.95. The van der Waals surface area contributed by atoms with Gasteiger partial charge in [0, 0.05) is 4.90 Å². The highest BCUT2D eigenvalue weighted by Crippen LogP contribution is 2.26. The molecule has 0 aliphatic rings. The van der Waals surface area contributed by atoms with Gasteiger partial charge in [-0.2, -0.15) is 13.2 Å². The van der Waals surface area contributed by atoms with Crippen LogP contribution in [0.4, 0.5) is 13.2 Å². The molecule has 0 aliphatic carbocycles. The van der Waals surface area contributed by atoms with Gasteiger partial charge in [-0.3, -0.25) is 0 Å². The van der Waals surface area contributed by atoms with Crippen LogP contribution in [0.15, 0.2) is 29.2 Å². The van der Waals surface area contributed by atoms with Crippen LogP contribution < -0.4 is 5.73 Å². The smallest absolute Gasteiger partial charge is 0.320 e. The predicted octanol–water partition coefficient (Wildman–Crippen LogP) is 2.84. The molecule has 1 aromatic rings. The number of alkyl halides is 3. The SMILES string of the molecule is CSc1ccccc1CC(N)C(F)(F)F. The highest BCUT2D eigenvalue weighted by Gasteiger charge is 2.36. The topological polar surface area (TPSA) is 26.0 Å². The monoisotopic (exact) mass is 235 g/mol. The van der Waals surface area contributed by atoms with Crippen LogP contribution in [0, 0.1) is 0 Å². The molecular formula is C10H12F3NS. The summed E-state index contributed by atoms with van der Waals surface area (Å²) in [6, 6.07) is 5.21. The molecule has 0 saturated carbocycles. The Labute approximate surface area is 90.9 Å². The standard InChI is InChI=1S/C10H12F3NS/c1-15-8-5-3-2-4-7(8)6-9(14)10(11,12)13/h2-5,9H,6,14H2,1H3. The van der Waals surface area contributed by atoms with Gasteiger partial charge in [-0.25, -0.2) is 0 Å². The Morgan fingerprint density at radius 3 is 2.47 bits per heavy atom. The molecule has 0 amide bonds. The van der Waals surface area contributed by atoms with Crippen molar-refractivity contribution in [1.82, 2.24) is 0 Å². The summed E-state index contributed by atoms with van der Waals surface area (Å²) in [6.45, 7) is 0. The van der Waals surface area contributed by atoms with E-state index >= 15 is 0 Å². The van der Waals surface area contributed by atoms with Crippen molar-refractivity contribution >= 4 is 11.8 Å². The molecule has 1 atom stereocenters. The molecule has 0 bridgehead atoms. The maximum Gasteiger partial charge on any atom is 0.403 e. The van der Waals surface area contributed by atoms with Gasteiger partial charge >= 0.3 is 6.18 Å². The van der Waals surface area contributed by atoms with Crippen LogP contribution in [0.1, 0.15) is 5.56 Å². The van der Waals surface area contributed by atoms with Crippen LogP contribution >= 0.6 is 11.8 Å². The second-order valence-corrected chi connectivity index (χ2v) is 4.01. The second-order valence-electron chi connectivity index (χ2n) is 3.16. The molecular weight excluding hydrogens is 223 g/mol. The number of nitrogens with two attached hydrogens (primary N) is 1. The first kappa shape index (κ1) is 12.4. The Balaban J connectivity index is 2.80. The minimum atomic E-state index is -4.33. The molecule has 1 nitrogen and oxygen atoms in total. The highest BCUT2D eigenvalue weighted by molar-refractivity contribution is 7.98. The Morgan fingerprint density at radius 1 is 1.33 bits per heavy atom. The molecule has 1 rings (SSSR count). The molecule has 15 heavy (non-hydrogen) atoms. The minimum Gasteiger partial charge on any atom is -0.320 e. The molecule has 2 N–H and O–H groups in total. The summed E-state index contributed by atoms with van der Waals surface area (Å²) in [6.07, 6.45) is -2.66. The third kappa shape index (κ3) is 3.43. The van der Waals surface area contributed by atoms with E-state index in [0.29, 0.717) is 5.56 Å². The lowest BCUT2D eigenvalue weighted by atomic mass is 10.1. The van der Waals surface area contributed by atoms with Crippen LogP contribution in [0.3, 0.4) is 0 Å². The van der Waals surface area contributed by atoms with E-state index in [1.807, 2.05) is 6.26 Å². The third-order valence-corrected chi connectivity index (χ3v) is 2.89. The van der Waals surface area contributed by atoms with E-state index in [1.54, 1.807) is 24.3 Å². The van der Waals surface area contributed by atoms with Gasteiger partial charge in [0.25, 0.3) is 0 Å². The number of benzene rings is 1. The molecule has 0 aliphatic heterocycles. The fourth-order valence-corrected chi connectivity index (χ4v) is 1.85. The van der Waals surface area contributed by atoms with Crippen molar-refractivity contribution in [2.24, 2.45) is 5.73 Å². The molecule has 1 unspecified atom stereocenters. The maximum absolute atomic E-state index is 12.2. The zero-order chi connectivity index (χ0) is 11.5. The Morgan fingerprint density at radius 2 is 1.93 bits per heavy atom. The summed E-state index contributed by atoms with van der Waals surface area (Å²) >= 11 is 1.43. The second kappa shape index (κ2) is 4.90. The summed E-state index contributed by atoms with van der Waals surface area (Å²) in [5, 5.41) is 0. The first-order valence-electron chi connectivity index (χ1n) is 4.39. The number of thioether (sulfide) groups is 1. The van der Waals surface area contributed by atoms with Crippen molar-refractivity contribution in [3.05, 3.63) is 29.8 Å². The fraction of sp³-hybridized carbons (Fsp3) is 0.400. The van der Waals surface area contributed by atoms with Gasteiger partial charge in [0.2, 0.25) is 0 Å². The van der Waals surface area contributed by atoms with Gasteiger partial charge in [-0.05, 0) is 24.3 Å². The molecule has 84 valence electrons. The zero-order valence-electron chi connectivity index (χ0n) is 8.21. The van der Waals surface area contributed by atoms with Crippen LogP contribution in [-0.2, 0) is 6.42 Å². The molecule has 1 aromatic carbocycles. The lowest BCUT2D eigenvalue weighted by Crippen LogP contribution is -2.39. The number of halogens is 3. The van der Waals surface area contributed by atoms with E-state index < -0.39 is 12.2 Å². The van der Waals surface area contributed by atoms with Crippen LogP contribution in [0.5, 0.6) is 0 Å². The fourth-order valence-electron chi connectivity index (χ4n) is 1.22. The van der Waals surface area contributed by atoms with E-state index in [0.717, 1.165) is 4.90 Å². The Bertz CT molecular complexity index is 325. The number of hydrogen-bond acceptors (Lipinski definition) is 2. The van der Waals surface area contributed by atoms with Crippen molar-refractivity contribution in [2.75, 3.05) is 6.26 Å². The van der Waals surface area contributed by atoms with Crippen LogP contribution in [0.2, 0.25) is 0 Å². The quantitative estimate of drug-likeness (QED) is 0.815. The average molecular weight is 235 g/mol. The van der Waals surface area contributed by atoms with Crippen LogP contribution in [0.25, 0.3) is 0 Å². The molecule has 0 fully saturated rings. The maximum atomic E-state index is 12.2. The first-order valence-corrected chi connectivity index (χ1v) is 5.62. The van der Waals surface area contributed by atoms with Gasteiger partial charge in [-0.15, -0.1) is 11.8 Å². The molecule has 0 spiro atoms. The average Bonchev–Trinajstić information content (AvgIpc) is 2.17. The normalized spacial score (nSPS) is 13.9. The summed E-state index contributed by atoms with van der Waals surface area (Å²) in [5.41, 5.74) is 5.72. The van der Waals surface area contributed by atoms with Gasteiger partial charge in [-0.1, -0.05) is 18.2 Å². The summed E-state index contributed by atoms with van der Waals surface area (Å²) in [4.78, 5) is 0.845.